The van der Waals surface area contributed by atoms with E-state index in [0.717, 1.165) is 0 Å². The summed E-state index contributed by atoms with van der Waals surface area (Å²) in [6.45, 7) is 5.46. The molecule has 1 saturated heterocycles. The van der Waals surface area contributed by atoms with Gasteiger partial charge in [-0.1, -0.05) is 0 Å². The van der Waals surface area contributed by atoms with E-state index in [1.54, 1.807) is 24.3 Å². The van der Waals surface area contributed by atoms with Crippen molar-refractivity contribution in [3.05, 3.63) is 24.3 Å². The summed E-state index contributed by atoms with van der Waals surface area (Å²) in [6, 6.07) is 6.54. The minimum Gasteiger partial charge on any atom is -0.491 e. The van der Waals surface area contributed by atoms with E-state index in [4.69, 9.17) is 9.47 Å². The first-order valence-electron chi connectivity index (χ1n) is 7.74. The molecule has 0 spiro atoms. The predicted molar refractivity (Wildman–Crippen MR) is 90.2 cm³/mol. The van der Waals surface area contributed by atoms with Crippen molar-refractivity contribution in [3.8, 4) is 5.75 Å². The number of ether oxygens (including phenoxy) is 2. The van der Waals surface area contributed by atoms with Crippen LogP contribution in [0.5, 0.6) is 5.75 Å². The third-order valence-electron chi connectivity index (χ3n) is 3.12. The summed E-state index contributed by atoms with van der Waals surface area (Å²) in [5.74, 6) is -0.505. The van der Waals surface area contributed by atoms with Gasteiger partial charge in [0.2, 0.25) is 10.0 Å². The molecule has 0 bridgehead atoms. The molecule has 1 aromatic rings. The van der Waals surface area contributed by atoms with Crippen molar-refractivity contribution in [1.29, 1.82) is 0 Å². The zero-order valence-electron chi connectivity index (χ0n) is 13.8. The van der Waals surface area contributed by atoms with E-state index in [0.29, 0.717) is 37.7 Å². The molecule has 1 amide bonds. The van der Waals surface area contributed by atoms with Gasteiger partial charge in [0.15, 0.2) is 0 Å². The quantitative estimate of drug-likeness (QED) is 0.773. The Labute approximate surface area is 142 Å². The number of benzene rings is 1. The lowest BCUT2D eigenvalue weighted by molar-refractivity contribution is -0.131. The van der Waals surface area contributed by atoms with E-state index in [2.05, 4.69) is 10.1 Å². The molecule has 2 rings (SSSR count). The molecule has 1 aromatic carbocycles. The average Bonchev–Trinajstić information content (AvgIpc) is 2.77. The molecule has 8 nitrogen and oxygen atoms in total. The number of rotatable bonds is 6. The van der Waals surface area contributed by atoms with E-state index >= 15 is 0 Å². The SMILES string of the molecule is CC(C)Oc1ccc(NS(=O)(=O)CC(=O)N2CCOCCN2)cc1. The van der Waals surface area contributed by atoms with Gasteiger partial charge < -0.3 is 9.47 Å². The number of nitrogens with one attached hydrogen (secondary N) is 2. The van der Waals surface area contributed by atoms with Crippen LogP contribution in [0.3, 0.4) is 0 Å². The fraction of sp³-hybridized carbons (Fsp3) is 0.533. The Morgan fingerprint density at radius 3 is 2.71 bits per heavy atom. The molecular formula is C15H23N3O5S. The molecule has 1 aliphatic rings. The second-order valence-corrected chi connectivity index (χ2v) is 7.34. The number of nitrogens with zero attached hydrogens (tertiary/aromatic N) is 1. The summed E-state index contributed by atoms with van der Waals surface area (Å²) < 4.78 is 37.4. The molecule has 0 aliphatic carbocycles. The van der Waals surface area contributed by atoms with E-state index in [9.17, 15) is 13.2 Å². The van der Waals surface area contributed by atoms with Gasteiger partial charge in [0.1, 0.15) is 11.5 Å². The van der Waals surface area contributed by atoms with Gasteiger partial charge >= 0.3 is 0 Å². The van der Waals surface area contributed by atoms with Crippen LogP contribution in [-0.4, -0.2) is 57.5 Å². The number of hydrogen-bond acceptors (Lipinski definition) is 6. The molecule has 9 heteroatoms. The predicted octanol–water partition coefficient (Wildman–Crippen LogP) is 0.579. The Hall–Kier alpha value is -1.84. The highest BCUT2D eigenvalue weighted by Gasteiger charge is 2.22. The van der Waals surface area contributed by atoms with Gasteiger partial charge in [-0.3, -0.25) is 14.5 Å². The monoisotopic (exact) mass is 357 g/mol. The van der Waals surface area contributed by atoms with Crippen molar-refractivity contribution in [2.45, 2.75) is 20.0 Å². The van der Waals surface area contributed by atoms with Crippen LogP contribution in [0, 0.1) is 0 Å². The fourth-order valence-corrected chi connectivity index (χ4v) is 3.18. The highest BCUT2D eigenvalue weighted by molar-refractivity contribution is 7.93. The van der Waals surface area contributed by atoms with E-state index in [-0.39, 0.29) is 6.10 Å². The third-order valence-corrected chi connectivity index (χ3v) is 4.30. The summed E-state index contributed by atoms with van der Waals surface area (Å²) in [5, 5.41) is 1.28. The number of sulfonamides is 1. The summed E-state index contributed by atoms with van der Waals surface area (Å²) >= 11 is 0. The van der Waals surface area contributed by atoms with Crippen molar-refractivity contribution < 1.29 is 22.7 Å². The van der Waals surface area contributed by atoms with Crippen LogP contribution in [0.1, 0.15) is 13.8 Å². The zero-order valence-corrected chi connectivity index (χ0v) is 14.6. The van der Waals surface area contributed by atoms with Gasteiger partial charge in [0, 0.05) is 12.2 Å². The van der Waals surface area contributed by atoms with E-state index in [1.807, 2.05) is 13.8 Å². The second-order valence-electron chi connectivity index (χ2n) is 5.62. The third kappa shape index (κ3) is 5.99. The topological polar surface area (TPSA) is 97.0 Å². The molecule has 1 fully saturated rings. The highest BCUT2D eigenvalue weighted by Crippen LogP contribution is 2.18. The van der Waals surface area contributed by atoms with Crippen LogP contribution in [0.15, 0.2) is 24.3 Å². The molecular weight excluding hydrogens is 334 g/mol. The van der Waals surface area contributed by atoms with Crippen LogP contribution in [-0.2, 0) is 19.6 Å². The number of amides is 1. The van der Waals surface area contributed by atoms with Gasteiger partial charge in [-0.05, 0) is 38.1 Å². The molecule has 0 atom stereocenters. The van der Waals surface area contributed by atoms with Crippen molar-refractivity contribution in [3.63, 3.8) is 0 Å². The average molecular weight is 357 g/mol. The summed E-state index contributed by atoms with van der Waals surface area (Å²) in [4.78, 5) is 12.1. The van der Waals surface area contributed by atoms with Gasteiger partial charge in [0.05, 0.1) is 25.9 Å². The molecule has 2 N–H and O–H groups in total. The van der Waals surface area contributed by atoms with Crippen molar-refractivity contribution in [1.82, 2.24) is 10.4 Å². The van der Waals surface area contributed by atoms with Gasteiger partial charge in [-0.25, -0.2) is 13.8 Å². The maximum Gasteiger partial charge on any atom is 0.253 e. The van der Waals surface area contributed by atoms with Crippen LogP contribution in [0.4, 0.5) is 5.69 Å². The van der Waals surface area contributed by atoms with Crippen molar-refractivity contribution >= 4 is 21.6 Å². The Balaban J connectivity index is 1.93. The Kier molecular flexibility index (Phi) is 6.41. The normalized spacial score (nSPS) is 15.9. The number of hydrazine groups is 1. The van der Waals surface area contributed by atoms with Crippen LogP contribution in [0.2, 0.25) is 0 Å². The van der Waals surface area contributed by atoms with Gasteiger partial charge in [0.25, 0.3) is 5.91 Å². The first kappa shape index (κ1) is 18.5. The maximum absolute atomic E-state index is 12.2. The largest absolute Gasteiger partial charge is 0.491 e. The standard InChI is InChI=1S/C15H23N3O5S/c1-12(2)23-14-5-3-13(4-6-14)17-24(20,21)11-15(19)18-8-10-22-9-7-16-18/h3-6,12,16-17H,7-11H2,1-2H3. The zero-order chi connectivity index (χ0) is 17.6. The van der Waals surface area contributed by atoms with Crippen LogP contribution < -0.4 is 14.9 Å². The smallest absolute Gasteiger partial charge is 0.253 e. The lowest BCUT2D eigenvalue weighted by Gasteiger charge is -2.20. The molecule has 0 radical (unpaired) electrons. The number of carbonyl (C=O) groups excluding carboxylic acids is 1. The first-order chi connectivity index (χ1) is 11.4. The highest BCUT2D eigenvalue weighted by atomic mass is 32.2. The summed E-state index contributed by atoms with van der Waals surface area (Å²) in [6.07, 6.45) is 0.0373. The number of hydrogen-bond donors (Lipinski definition) is 2. The van der Waals surface area contributed by atoms with Crippen LogP contribution >= 0.6 is 0 Å². The summed E-state index contributed by atoms with van der Waals surface area (Å²) in [5.41, 5.74) is 3.22. The van der Waals surface area contributed by atoms with E-state index in [1.165, 1.54) is 5.01 Å². The molecule has 0 aromatic heterocycles. The van der Waals surface area contributed by atoms with Crippen LogP contribution in [0.25, 0.3) is 0 Å². The number of carbonyl (C=O) groups is 1. The fourth-order valence-electron chi connectivity index (χ4n) is 2.13. The Morgan fingerprint density at radius 2 is 2.04 bits per heavy atom. The molecule has 1 aliphatic heterocycles. The Bertz CT molecular complexity index is 638. The summed E-state index contributed by atoms with van der Waals surface area (Å²) in [7, 11) is -3.79. The molecule has 1 heterocycles. The molecule has 24 heavy (non-hydrogen) atoms. The molecule has 0 unspecified atom stereocenters. The van der Waals surface area contributed by atoms with Crippen molar-refractivity contribution in [2.24, 2.45) is 0 Å². The number of anilines is 1. The minimum atomic E-state index is -3.79. The molecule has 0 saturated carbocycles. The molecule has 134 valence electrons. The first-order valence-corrected chi connectivity index (χ1v) is 9.40. The Morgan fingerprint density at radius 1 is 1.33 bits per heavy atom. The van der Waals surface area contributed by atoms with E-state index < -0.39 is 21.7 Å². The van der Waals surface area contributed by atoms with Gasteiger partial charge in [-0.2, -0.15) is 0 Å². The minimum absolute atomic E-state index is 0.0373. The van der Waals surface area contributed by atoms with Crippen molar-refractivity contribution in [2.75, 3.05) is 36.8 Å². The maximum atomic E-state index is 12.2. The second kappa shape index (κ2) is 8.32. The lowest BCUT2D eigenvalue weighted by Crippen LogP contribution is -2.46. The lowest BCUT2D eigenvalue weighted by atomic mass is 10.3. The van der Waals surface area contributed by atoms with Gasteiger partial charge in [-0.15, -0.1) is 0 Å².